The van der Waals surface area contributed by atoms with Crippen molar-refractivity contribution in [1.29, 1.82) is 0 Å². The quantitative estimate of drug-likeness (QED) is 0.101. The van der Waals surface area contributed by atoms with Crippen LogP contribution in [0, 0.1) is 0 Å². The predicted molar refractivity (Wildman–Crippen MR) is 382 cm³/mol. The molecule has 0 aliphatic carbocycles. The molecule has 6 heteroatoms. The molecule has 0 amide bonds. The second kappa shape index (κ2) is 28.1. The van der Waals surface area contributed by atoms with Crippen LogP contribution in [0.15, 0.2) is 370 Å². The molecule has 0 spiro atoms. The Labute approximate surface area is 524 Å². The van der Waals surface area contributed by atoms with E-state index in [0.717, 1.165) is 68.2 Å². The number of fused-ring (bicyclic) bond motifs is 2. The van der Waals surface area contributed by atoms with Crippen LogP contribution >= 0.6 is 0 Å². The highest BCUT2D eigenvalue weighted by Gasteiger charge is 2.17. The zero-order valence-corrected chi connectivity index (χ0v) is 50.4. The first kappa shape index (κ1) is 57.8. The van der Waals surface area contributed by atoms with Crippen molar-refractivity contribution in [2.24, 2.45) is 0 Å². The van der Waals surface area contributed by atoms with Gasteiger partial charge in [0, 0.05) is 112 Å². The van der Waals surface area contributed by atoms with Crippen molar-refractivity contribution in [3.8, 4) is 0 Å². The third kappa shape index (κ3) is 13.7. The number of para-hydroxylation sites is 7. The number of nitrogens with zero attached hydrogens (tertiary/aromatic N) is 6. The molecule has 14 aromatic carbocycles. The van der Waals surface area contributed by atoms with E-state index < -0.39 is 0 Å². The number of hydrogen-bond donors (Lipinski definition) is 0. The van der Waals surface area contributed by atoms with Crippen molar-refractivity contribution >= 4 is 107 Å². The van der Waals surface area contributed by atoms with E-state index in [9.17, 15) is 0 Å². The second-order valence-electron chi connectivity index (χ2n) is 21.6. The van der Waals surface area contributed by atoms with Gasteiger partial charge in [0.05, 0.1) is 0 Å². The molecule has 0 saturated carbocycles. The molecule has 0 bridgehead atoms. The van der Waals surface area contributed by atoms with Crippen molar-refractivity contribution in [1.82, 2.24) is 0 Å². The summed E-state index contributed by atoms with van der Waals surface area (Å²) in [5, 5.41) is 5.02. The van der Waals surface area contributed by atoms with Crippen LogP contribution in [-0.4, -0.2) is 21.1 Å². The van der Waals surface area contributed by atoms with Gasteiger partial charge in [0.2, 0.25) is 0 Å². The molecule has 0 atom stereocenters. The summed E-state index contributed by atoms with van der Waals surface area (Å²) in [4.78, 5) is 13.5. The maximum absolute atomic E-state index is 2.28. The van der Waals surface area contributed by atoms with E-state index in [1.165, 1.54) is 38.6 Å². The summed E-state index contributed by atoms with van der Waals surface area (Å²) >= 11 is 0. The molecule has 14 aromatic rings. The molecule has 432 valence electrons. The molecule has 0 unspecified atom stereocenters. The third-order valence-electron chi connectivity index (χ3n) is 16.0. The number of rotatable bonds is 15. The van der Waals surface area contributed by atoms with Crippen molar-refractivity contribution in [2.75, 3.05) is 50.5 Å². The first-order chi connectivity index (χ1) is 43.9. The van der Waals surface area contributed by atoms with Crippen molar-refractivity contribution in [3.05, 3.63) is 370 Å². The first-order valence-corrected chi connectivity index (χ1v) is 30.2. The lowest BCUT2D eigenvalue weighted by atomic mass is 10.1. The highest BCUT2D eigenvalue weighted by atomic mass is 15.2. The summed E-state index contributed by atoms with van der Waals surface area (Å²) in [6.07, 6.45) is 0. The minimum atomic E-state index is 1.13. The standard InChI is InChI=1S/2C29H24N2.C25H22N2/c1-30(29-18-10-12-23-11-8-9-17-28(23)29)24-19-21-27(22-20-24)31(25-13-4-2-5-14-25)26-15-6-3-7-16-26;1-30(29-17-16-23-10-8-9-11-24(23)22-29)25-18-20-28(21-19-25)31(26-12-4-2-5-13-26)27-14-6-3-7-15-27;1-26(21-11-5-2-6-12-21)22-17-19-25(20-18-22)27(23-13-7-3-8-14-23)24-15-9-4-10-16-24/h2*2-22H,1H3;2-20H,1H3. The minimum absolute atomic E-state index is 1.13. The lowest BCUT2D eigenvalue weighted by Crippen LogP contribution is -2.12. The lowest BCUT2D eigenvalue weighted by molar-refractivity contribution is 1.20. The summed E-state index contributed by atoms with van der Waals surface area (Å²) in [5.74, 6) is 0. The minimum Gasteiger partial charge on any atom is -0.345 e. The molecular formula is C83H70N6. The fourth-order valence-electron chi connectivity index (χ4n) is 11.3. The lowest BCUT2D eigenvalue weighted by Gasteiger charge is -2.27. The van der Waals surface area contributed by atoms with Crippen molar-refractivity contribution in [2.45, 2.75) is 0 Å². The fourth-order valence-corrected chi connectivity index (χ4v) is 11.3. The summed E-state index contributed by atoms with van der Waals surface area (Å²) in [6.45, 7) is 0. The number of anilines is 15. The monoisotopic (exact) mass is 1150 g/mol. The van der Waals surface area contributed by atoms with E-state index >= 15 is 0 Å². The van der Waals surface area contributed by atoms with Crippen LogP contribution in [0.1, 0.15) is 0 Å². The van der Waals surface area contributed by atoms with Crippen LogP contribution in [0.2, 0.25) is 0 Å². The van der Waals surface area contributed by atoms with Gasteiger partial charge in [-0.25, -0.2) is 0 Å². The van der Waals surface area contributed by atoms with Gasteiger partial charge in [0.15, 0.2) is 0 Å². The number of hydrogen-bond acceptors (Lipinski definition) is 6. The predicted octanol–water partition coefficient (Wildman–Crippen LogP) is 23.1. The topological polar surface area (TPSA) is 19.4 Å². The summed E-state index contributed by atoms with van der Waals surface area (Å²) in [7, 11) is 6.34. The molecular weight excluding hydrogens is 1080 g/mol. The van der Waals surface area contributed by atoms with Crippen LogP contribution in [-0.2, 0) is 0 Å². The Kier molecular flexibility index (Phi) is 18.2. The van der Waals surface area contributed by atoms with Gasteiger partial charge < -0.3 is 29.4 Å². The van der Waals surface area contributed by atoms with Gasteiger partial charge >= 0.3 is 0 Å². The molecule has 6 nitrogen and oxygen atoms in total. The number of benzene rings is 14. The van der Waals surface area contributed by atoms with Gasteiger partial charge in [0.25, 0.3) is 0 Å². The fraction of sp³-hybridized carbons (Fsp3) is 0.0361. The molecule has 0 saturated heterocycles. The molecule has 0 radical (unpaired) electrons. The molecule has 89 heavy (non-hydrogen) atoms. The van der Waals surface area contributed by atoms with Gasteiger partial charge in [-0.1, -0.05) is 194 Å². The van der Waals surface area contributed by atoms with Crippen molar-refractivity contribution in [3.63, 3.8) is 0 Å². The average molecular weight is 1150 g/mol. The molecule has 0 aliphatic heterocycles. The van der Waals surface area contributed by atoms with Crippen LogP contribution in [0.25, 0.3) is 21.5 Å². The van der Waals surface area contributed by atoms with Crippen LogP contribution < -0.4 is 29.4 Å². The first-order valence-electron chi connectivity index (χ1n) is 30.2. The maximum Gasteiger partial charge on any atom is 0.0487 e. The maximum atomic E-state index is 2.28. The van der Waals surface area contributed by atoms with E-state index in [1.807, 2.05) is 30.3 Å². The van der Waals surface area contributed by atoms with Crippen LogP contribution in [0.3, 0.4) is 0 Å². The van der Waals surface area contributed by atoms with Crippen LogP contribution in [0.4, 0.5) is 85.3 Å². The van der Waals surface area contributed by atoms with E-state index in [4.69, 9.17) is 0 Å². The Morgan fingerprint density at radius 1 is 0.157 bits per heavy atom. The van der Waals surface area contributed by atoms with E-state index in [2.05, 4.69) is 390 Å². The Morgan fingerprint density at radius 3 is 0.764 bits per heavy atom. The Morgan fingerprint density at radius 2 is 0.393 bits per heavy atom. The second-order valence-corrected chi connectivity index (χ2v) is 21.6. The zero-order chi connectivity index (χ0) is 60.6. The largest absolute Gasteiger partial charge is 0.345 e. The molecule has 0 aromatic heterocycles. The summed E-state index contributed by atoms with van der Waals surface area (Å²) in [5.41, 5.74) is 17.3. The summed E-state index contributed by atoms with van der Waals surface area (Å²) in [6, 6.07) is 130. The molecule has 0 heterocycles. The van der Waals surface area contributed by atoms with Gasteiger partial charge in [-0.15, -0.1) is 0 Å². The van der Waals surface area contributed by atoms with Crippen LogP contribution in [0.5, 0.6) is 0 Å². The molecule has 0 aliphatic rings. The highest BCUT2D eigenvalue weighted by molar-refractivity contribution is 5.96. The van der Waals surface area contributed by atoms with Gasteiger partial charge in [0.1, 0.15) is 0 Å². The highest BCUT2D eigenvalue weighted by Crippen LogP contribution is 2.40. The Balaban J connectivity index is 0.000000130. The van der Waals surface area contributed by atoms with Gasteiger partial charge in [-0.3, -0.25) is 0 Å². The summed E-state index contributed by atoms with van der Waals surface area (Å²) < 4.78 is 0. The smallest absolute Gasteiger partial charge is 0.0487 e. The van der Waals surface area contributed by atoms with Gasteiger partial charge in [-0.2, -0.15) is 0 Å². The Hall–Kier alpha value is -11.6. The molecule has 0 fully saturated rings. The molecule has 14 rings (SSSR count). The van der Waals surface area contributed by atoms with Gasteiger partial charge in [-0.05, 0) is 192 Å². The van der Waals surface area contributed by atoms with E-state index in [1.54, 1.807) is 0 Å². The van der Waals surface area contributed by atoms with E-state index in [-0.39, 0.29) is 0 Å². The molecule has 0 N–H and O–H groups in total. The average Bonchev–Trinajstić information content (AvgIpc) is 3.28. The normalized spacial score (nSPS) is 10.6. The SMILES string of the molecule is CN(c1ccc(N(c2ccccc2)c2ccccc2)cc1)c1ccc2ccccc2c1.CN(c1ccc(N(c2ccccc2)c2ccccc2)cc1)c1cccc2ccccc12.CN(c1ccccc1)c1ccc(N(c2ccccc2)c2ccccc2)cc1. The van der Waals surface area contributed by atoms with E-state index in [0.29, 0.717) is 0 Å². The zero-order valence-electron chi connectivity index (χ0n) is 50.4. The Bertz CT molecular complexity index is 4310. The third-order valence-corrected chi connectivity index (χ3v) is 16.0. The van der Waals surface area contributed by atoms with Crippen molar-refractivity contribution < 1.29 is 0 Å².